The number of aliphatic carboxylic acids is 1. The van der Waals surface area contributed by atoms with Crippen molar-refractivity contribution < 1.29 is 14.4 Å². The van der Waals surface area contributed by atoms with E-state index in [1.165, 1.54) is 6.42 Å². The molecule has 0 bridgehead atoms. The molecule has 2 aliphatic rings. The molecule has 2 saturated carbocycles. The van der Waals surface area contributed by atoms with Crippen LogP contribution in [0.5, 0.6) is 0 Å². The molecule has 0 aliphatic heterocycles. The maximum absolute atomic E-state index is 11.4. The predicted molar refractivity (Wildman–Crippen MR) is 72.4 cm³/mol. The van der Waals surface area contributed by atoms with Crippen LogP contribution in [-0.4, -0.2) is 21.2 Å². The Bertz CT molecular complexity index is 485. The lowest BCUT2D eigenvalue weighted by Gasteiger charge is -2.25. The molecule has 2 fully saturated rings. The molecule has 1 aromatic rings. The number of hydrogen-bond acceptors (Lipinski definition) is 4. The van der Waals surface area contributed by atoms with Crippen molar-refractivity contribution in [3.8, 4) is 0 Å². The number of aromatic nitrogens is 2. The van der Waals surface area contributed by atoms with Crippen LogP contribution in [0.1, 0.15) is 75.4 Å². The molecule has 2 aliphatic carbocycles. The summed E-state index contributed by atoms with van der Waals surface area (Å²) >= 11 is 0. The van der Waals surface area contributed by atoms with Gasteiger partial charge in [0.1, 0.15) is 0 Å². The van der Waals surface area contributed by atoms with Gasteiger partial charge in [-0.05, 0) is 38.0 Å². The number of nitrogens with zero attached hydrogens (tertiary/aromatic N) is 2. The lowest BCUT2D eigenvalue weighted by Crippen LogP contribution is -2.25. The number of hydrogen-bond donors (Lipinski definition) is 1. The fraction of sp³-hybridized carbons (Fsp3) is 0.800. The Kier molecular flexibility index (Phi) is 3.76. The Morgan fingerprint density at radius 1 is 1.25 bits per heavy atom. The molecular formula is C15H22N2O3. The zero-order valence-electron chi connectivity index (χ0n) is 11.9. The molecule has 5 heteroatoms. The highest BCUT2D eigenvalue weighted by Gasteiger charge is 2.36. The van der Waals surface area contributed by atoms with Crippen molar-refractivity contribution >= 4 is 5.97 Å². The van der Waals surface area contributed by atoms with E-state index in [1.54, 1.807) is 0 Å². The summed E-state index contributed by atoms with van der Waals surface area (Å²) in [5.74, 6) is 1.27. The van der Waals surface area contributed by atoms with Gasteiger partial charge in [0.05, 0.1) is 11.8 Å². The second-order valence-corrected chi connectivity index (χ2v) is 6.44. The fourth-order valence-corrected chi connectivity index (χ4v) is 3.73. The van der Waals surface area contributed by atoms with Gasteiger partial charge in [-0.25, -0.2) is 0 Å². The molecule has 0 saturated heterocycles. The van der Waals surface area contributed by atoms with Crippen molar-refractivity contribution in [1.82, 2.24) is 10.1 Å². The molecular weight excluding hydrogens is 256 g/mol. The number of carboxylic acid groups (broad SMARTS) is 1. The molecule has 5 nitrogen and oxygen atoms in total. The van der Waals surface area contributed by atoms with Crippen molar-refractivity contribution in [3.63, 3.8) is 0 Å². The van der Waals surface area contributed by atoms with Crippen LogP contribution in [0.2, 0.25) is 0 Å². The van der Waals surface area contributed by atoms with Crippen LogP contribution in [0, 0.1) is 11.8 Å². The molecule has 110 valence electrons. The third kappa shape index (κ3) is 2.58. The van der Waals surface area contributed by atoms with Crippen molar-refractivity contribution in [2.24, 2.45) is 11.8 Å². The zero-order valence-corrected chi connectivity index (χ0v) is 11.9. The van der Waals surface area contributed by atoms with Gasteiger partial charge in [0.2, 0.25) is 5.89 Å². The molecule has 4 atom stereocenters. The minimum atomic E-state index is -0.732. The van der Waals surface area contributed by atoms with E-state index in [-0.39, 0.29) is 11.8 Å². The van der Waals surface area contributed by atoms with Crippen LogP contribution in [0.25, 0.3) is 0 Å². The number of rotatable bonds is 3. The lowest BCUT2D eigenvalue weighted by molar-refractivity contribution is -0.143. The average molecular weight is 278 g/mol. The van der Waals surface area contributed by atoms with Gasteiger partial charge in [0, 0.05) is 5.92 Å². The highest BCUT2D eigenvalue weighted by atomic mass is 16.5. The van der Waals surface area contributed by atoms with Crippen LogP contribution < -0.4 is 0 Å². The van der Waals surface area contributed by atoms with E-state index < -0.39 is 5.97 Å². The van der Waals surface area contributed by atoms with E-state index in [0.717, 1.165) is 50.3 Å². The first-order valence-corrected chi connectivity index (χ1v) is 7.71. The maximum atomic E-state index is 11.4. The number of carbonyl (C=O) groups is 1. The van der Waals surface area contributed by atoms with Crippen molar-refractivity contribution in [1.29, 1.82) is 0 Å². The van der Waals surface area contributed by atoms with Crippen molar-refractivity contribution in [3.05, 3.63) is 11.7 Å². The maximum Gasteiger partial charge on any atom is 0.307 e. The summed E-state index contributed by atoms with van der Waals surface area (Å²) in [6.07, 6.45) is 7.05. The van der Waals surface area contributed by atoms with Gasteiger partial charge in [-0.2, -0.15) is 4.98 Å². The average Bonchev–Trinajstić information content (AvgIpc) is 3.07. The van der Waals surface area contributed by atoms with Crippen molar-refractivity contribution in [2.75, 3.05) is 0 Å². The lowest BCUT2D eigenvalue weighted by atomic mass is 9.79. The second-order valence-electron chi connectivity index (χ2n) is 6.44. The standard InChI is InChI=1S/C15H22N2O3/c1-9-6-7-10(8-9)13-16-14(20-17-13)11-4-2-3-5-12(11)15(18)19/h9-12H,2-8H2,1H3,(H,18,19). The summed E-state index contributed by atoms with van der Waals surface area (Å²) < 4.78 is 5.41. The SMILES string of the molecule is CC1CCC(c2noc(C3CCCCC3C(=O)O)n2)C1. The molecule has 1 N–H and O–H groups in total. The highest BCUT2D eigenvalue weighted by Crippen LogP contribution is 2.40. The van der Waals surface area contributed by atoms with Crippen molar-refractivity contribution in [2.45, 2.75) is 63.7 Å². The first kappa shape index (κ1) is 13.6. The summed E-state index contributed by atoms with van der Waals surface area (Å²) in [5.41, 5.74) is 0. The first-order valence-electron chi connectivity index (χ1n) is 7.71. The van der Waals surface area contributed by atoms with Gasteiger partial charge >= 0.3 is 5.97 Å². The molecule has 0 radical (unpaired) electrons. The summed E-state index contributed by atoms with van der Waals surface area (Å²) in [5, 5.41) is 13.5. The van der Waals surface area contributed by atoms with E-state index in [1.807, 2.05) is 0 Å². The summed E-state index contributed by atoms with van der Waals surface area (Å²) in [6, 6.07) is 0. The molecule has 1 aromatic heterocycles. The molecule has 0 spiro atoms. The summed E-state index contributed by atoms with van der Waals surface area (Å²) in [4.78, 5) is 15.9. The van der Waals surface area contributed by atoms with E-state index in [9.17, 15) is 9.90 Å². The molecule has 0 amide bonds. The van der Waals surface area contributed by atoms with Crippen LogP contribution in [0.4, 0.5) is 0 Å². The zero-order chi connectivity index (χ0) is 14.1. The predicted octanol–water partition coefficient (Wildman–Crippen LogP) is 3.33. The van der Waals surface area contributed by atoms with Crippen LogP contribution in [0.3, 0.4) is 0 Å². The van der Waals surface area contributed by atoms with E-state index >= 15 is 0 Å². The molecule has 0 aromatic carbocycles. The quantitative estimate of drug-likeness (QED) is 0.917. The third-order valence-electron chi connectivity index (χ3n) is 4.92. The largest absolute Gasteiger partial charge is 0.481 e. The third-order valence-corrected chi connectivity index (χ3v) is 4.92. The van der Waals surface area contributed by atoms with Gasteiger partial charge < -0.3 is 9.63 Å². The summed E-state index contributed by atoms with van der Waals surface area (Å²) in [7, 11) is 0. The van der Waals surface area contributed by atoms with Gasteiger partial charge in [-0.3, -0.25) is 4.79 Å². The van der Waals surface area contributed by atoms with Crippen LogP contribution in [-0.2, 0) is 4.79 Å². The Morgan fingerprint density at radius 2 is 2.05 bits per heavy atom. The molecule has 20 heavy (non-hydrogen) atoms. The topological polar surface area (TPSA) is 76.2 Å². The van der Waals surface area contributed by atoms with E-state index in [2.05, 4.69) is 17.1 Å². The van der Waals surface area contributed by atoms with Gasteiger partial charge in [0.25, 0.3) is 0 Å². The first-order chi connectivity index (χ1) is 9.65. The monoisotopic (exact) mass is 278 g/mol. The Balaban J connectivity index is 1.76. The minimum Gasteiger partial charge on any atom is -0.481 e. The Morgan fingerprint density at radius 3 is 2.75 bits per heavy atom. The summed E-state index contributed by atoms with van der Waals surface area (Å²) in [6.45, 7) is 2.25. The highest BCUT2D eigenvalue weighted by molar-refractivity contribution is 5.71. The van der Waals surface area contributed by atoms with E-state index in [0.29, 0.717) is 11.8 Å². The van der Waals surface area contributed by atoms with Crippen LogP contribution >= 0.6 is 0 Å². The van der Waals surface area contributed by atoms with Gasteiger partial charge in [-0.1, -0.05) is 24.9 Å². The molecule has 4 unspecified atom stereocenters. The fourth-order valence-electron chi connectivity index (χ4n) is 3.73. The number of carboxylic acids is 1. The second kappa shape index (κ2) is 5.54. The Hall–Kier alpha value is -1.39. The Labute approximate surface area is 118 Å². The molecule has 3 rings (SSSR count). The normalized spacial score (nSPS) is 34.2. The molecule has 1 heterocycles. The smallest absolute Gasteiger partial charge is 0.307 e. The van der Waals surface area contributed by atoms with Gasteiger partial charge in [-0.15, -0.1) is 0 Å². The minimum absolute atomic E-state index is 0.0960. The van der Waals surface area contributed by atoms with Crippen LogP contribution in [0.15, 0.2) is 4.52 Å². The van der Waals surface area contributed by atoms with Gasteiger partial charge in [0.15, 0.2) is 5.82 Å². The van der Waals surface area contributed by atoms with E-state index in [4.69, 9.17) is 4.52 Å².